The molecule has 0 aliphatic heterocycles. The van der Waals surface area contributed by atoms with E-state index in [1.54, 1.807) is 0 Å². The van der Waals surface area contributed by atoms with Gasteiger partial charge in [0, 0.05) is 22.3 Å². The van der Waals surface area contributed by atoms with Crippen LogP contribution in [-0.2, 0) is 6.54 Å². The molecule has 1 nitrogen and oxygen atoms in total. The van der Waals surface area contributed by atoms with Gasteiger partial charge >= 0.3 is 0 Å². The Morgan fingerprint density at radius 3 is 2.75 bits per heavy atom. The van der Waals surface area contributed by atoms with E-state index in [1.807, 2.05) is 11.8 Å². The molecule has 0 heterocycles. The zero-order valence-electron chi connectivity index (χ0n) is 9.58. The van der Waals surface area contributed by atoms with Gasteiger partial charge in [0.15, 0.2) is 0 Å². The van der Waals surface area contributed by atoms with Crippen molar-refractivity contribution in [2.75, 3.05) is 6.26 Å². The average molecular weight is 300 g/mol. The molecule has 2 rings (SSSR count). The first-order chi connectivity index (χ1) is 7.79. The van der Waals surface area contributed by atoms with E-state index in [9.17, 15) is 0 Å². The van der Waals surface area contributed by atoms with Crippen LogP contribution in [-0.4, -0.2) is 17.5 Å². The van der Waals surface area contributed by atoms with Crippen LogP contribution in [0.4, 0.5) is 0 Å². The van der Waals surface area contributed by atoms with Gasteiger partial charge in [-0.3, -0.25) is 0 Å². The Hall–Kier alpha value is 0.01000. The summed E-state index contributed by atoms with van der Waals surface area (Å²) in [6.45, 7) is 0.995. The summed E-state index contributed by atoms with van der Waals surface area (Å²) in [4.78, 5) is 0. The van der Waals surface area contributed by atoms with Crippen LogP contribution in [0.3, 0.4) is 0 Å². The van der Waals surface area contributed by atoms with Gasteiger partial charge in [-0.05, 0) is 36.8 Å². The molecule has 1 N–H and O–H groups in total. The van der Waals surface area contributed by atoms with Crippen molar-refractivity contribution in [2.45, 2.75) is 37.1 Å². The highest BCUT2D eigenvalue weighted by Gasteiger charge is 2.25. The van der Waals surface area contributed by atoms with Crippen molar-refractivity contribution in [3.05, 3.63) is 34.3 Å². The molecule has 0 radical (unpaired) electrons. The first-order valence-corrected chi connectivity index (χ1v) is 7.88. The molecule has 88 valence electrons. The average Bonchev–Trinajstić information content (AvgIpc) is 2.76. The zero-order chi connectivity index (χ0) is 11.4. The molecule has 1 aromatic carbocycles. The molecule has 3 heteroatoms. The van der Waals surface area contributed by atoms with Gasteiger partial charge in [0.25, 0.3) is 0 Å². The summed E-state index contributed by atoms with van der Waals surface area (Å²) >= 11 is 5.47. The van der Waals surface area contributed by atoms with Gasteiger partial charge < -0.3 is 5.32 Å². The fourth-order valence-electron chi connectivity index (χ4n) is 2.29. The smallest absolute Gasteiger partial charge is 0.0208 e. The van der Waals surface area contributed by atoms with E-state index < -0.39 is 0 Å². The third-order valence-electron chi connectivity index (χ3n) is 3.24. The minimum Gasteiger partial charge on any atom is -0.309 e. The summed E-state index contributed by atoms with van der Waals surface area (Å²) in [7, 11) is 0. The van der Waals surface area contributed by atoms with E-state index in [1.165, 1.54) is 24.8 Å². The van der Waals surface area contributed by atoms with Gasteiger partial charge in [0.2, 0.25) is 0 Å². The standard InChI is InChI=1S/C13H18BrNS/c1-16-13-4-2-3-12(13)15-9-10-5-7-11(14)8-6-10/h5-8,12-13,15H,2-4,9H2,1H3. The predicted molar refractivity (Wildman–Crippen MR) is 75.9 cm³/mol. The van der Waals surface area contributed by atoms with Gasteiger partial charge in [-0.2, -0.15) is 11.8 Å². The molecule has 1 aliphatic carbocycles. The van der Waals surface area contributed by atoms with Gasteiger partial charge in [-0.1, -0.05) is 34.5 Å². The number of hydrogen-bond acceptors (Lipinski definition) is 2. The predicted octanol–water partition coefficient (Wildman–Crippen LogP) is 3.82. The molecule has 2 unspecified atom stereocenters. The Morgan fingerprint density at radius 1 is 1.31 bits per heavy atom. The largest absolute Gasteiger partial charge is 0.309 e. The monoisotopic (exact) mass is 299 g/mol. The number of hydrogen-bond donors (Lipinski definition) is 1. The van der Waals surface area contributed by atoms with Crippen molar-refractivity contribution in [3.63, 3.8) is 0 Å². The van der Waals surface area contributed by atoms with Crippen LogP contribution < -0.4 is 5.32 Å². The van der Waals surface area contributed by atoms with Crippen LogP contribution in [0.5, 0.6) is 0 Å². The minimum atomic E-state index is 0.707. The number of nitrogens with one attached hydrogen (secondary N) is 1. The molecule has 1 fully saturated rings. The van der Waals surface area contributed by atoms with Crippen LogP contribution >= 0.6 is 27.7 Å². The molecule has 0 bridgehead atoms. The Kier molecular flexibility index (Phi) is 4.74. The van der Waals surface area contributed by atoms with E-state index in [-0.39, 0.29) is 0 Å². The maximum absolute atomic E-state index is 3.68. The topological polar surface area (TPSA) is 12.0 Å². The van der Waals surface area contributed by atoms with Crippen molar-refractivity contribution < 1.29 is 0 Å². The van der Waals surface area contributed by atoms with Crippen molar-refractivity contribution in [1.82, 2.24) is 5.32 Å². The molecule has 2 atom stereocenters. The number of benzene rings is 1. The van der Waals surface area contributed by atoms with Crippen LogP contribution in [0, 0.1) is 0 Å². The molecule has 1 aliphatic rings. The molecule has 1 aromatic rings. The second-order valence-corrected chi connectivity index (χ2v) is 6.31. The summed E-state index contributed by atoms with van der Waals surface area (Å²) < 4.78 is 1.15. The van der Waals surface area contributed by atoms with Gasteiger partial charge in [0.05, 0.1) is 0 Å². The lowest BCUT2D eigenvalue weighted by molar-refractivity contribution is 0.532. The third-order valence-corrected chi connectivity index (χ3v) is 4.94. The Morgan fingerprint density at radius 2 is 2.06 bits per heavy atom. The third kappa shape index (κ3) is 3.25. The van der Waals surface area contributed by atoms with Crippen molar-refractivity contribution >= 4 is 27.7 Å². The van der Waals surface area contributed by atoms with Crippen LogP contribution in [0.25, 0.3) is 0 Å². The lowest BCUT2D eigenvalue weighted by Crippen LogP contribution is -2.33. The second-order valence-electron chi connectivity index (χ2n) is 4.32. The molecular formula is C13H18BrNS. The highest BCUT2D eigenvalue weighted by atomic mass is 79.9. The van der Waals surface area contributed by atoms with E-state index in [2.05, 4.69) is 51.8 Å². The fourth-order valence-corrected chi connectivity index (χ4v) is 3.52. The Labute approximate surface area is 111 Å². The van der Waals surface area contributed by atoms with Crippen LogP contribution in [0.15, 0.2) is 28.7 Å². The Bertz CT molecular complexity index is 325. The van der Waals surface area contributed by atoms with E-state index in [0.717, 1.165) is 16.3 Å². The molecule has 0 spiro atoms. The maximum atomic E-state index is 3.68. The molecule has 0 amide bonds. The molecule has 0 saturated heterocycles. The van der Waals surface area contributed by atoms with Crippen molar-refractivity contribution in [3.8, 4) is 0 Å². The highest BCUT2D eigenvalue weighted by Crippen LogP contribution is 2.28. The van der Waals surface area contributed by atoms with Crippen LogP contribution in [0.1, 0.15) is 24.8 Å². The van der Waals surface area contributed by atoms with E-state index in [0.29, 0.717) is 6.04 Å². The lowest BCUT2D eigenvalue weighted by atomic mass is 10.2. The zero-order valence-corrected chi connectivity index (χ0v) is 12.0. The van der Waals surface area contributed by atoms with Gasteiger partial charge in [-0.15, -0.1) is 0 Å². The fraction of sp³-hybridized carbons (Fsp3) is 0.538. The first kappa shape index (κ1) is 12.5. The summed E-state index contributed by atoms with van der Waals surface area (Å²) in [5.41, 5.74) is 1.37. The lowest BCUT2D eigenvalue weighted by Gasteiger charge is -2.19. The molecule has 1 saturated carbocycles. The second kappa shape index (κ2) is 6.08. The summed E-state index contributed by atoms with van der Waals surface area (Å²) in [5.74, 6) is 0. The van der Waals surface area contributed by atoms with Crippen molar-refractivity contribution in [2.24, 2.45) is 0 Å². The normalized spacial score (nSPS) is 24.9. The molecule has 0 aromatic heterocycles. The molecule has 16 heavy (non-hydrogen) atoms. The highest BCUT2D eigenvalue weighted by molar-refractivity contribution is 9.10. The number of halogens is 1. The van der Waals surface area contributed by atoms with Gasteiger partial charge in [-0.25, -0.2) is 0 Å². The van der Waals surface area contributed by atoms with E-state index in [4.69, 9.17) is 0 Å². The summed E-state index contributed by atoms with van der Waals surface area (Å²) in [6.07, 6.45) is 6.31. The van der Waals surface area contributed by atoms with Crippen molar-refractivity contribution in [1.29, 1.82) is 0 Å². The Balaban J connectivity index is 1.85. The first-order valence-electron chi connectivity index (χ1n) is 5.80. The summed E-state index contributed by atoms with van der Waals surface area (Å²) in [6, 6.07) is 9.29. The maximum Gasteiger partial charge on any atom is 0.0208 e. The van der Waals surface area contributed by atoms with Gasteiger partial charge in [0.1, 0.15) is 0 Å². The SMILES string of the molecule is CSC1CCCC1NCc1ccc(Br)cc1. The number of rotatable bonds is 4. The van der Waals surface area contributed by atoms with Crippen LogP contribution in [0.2, 0.25) is 0 Å². The molecular weight excluding hydrogens is 282 g/mol. The van der Waals surface area contributed by atoms with E-state index >= 15 is 0 Å². The minimum absolute atomic E-state index is 0.707. The number of thioether (sulfide) groups is 1. The quantitative estimate of drug-likeness (QED) is 0.907. The summed E-state index contributed by atoms with van der Waals surface area (Å²) in [5, 5.41) is 4.50.